The first-order chi connectivity index (χ1) is 9.88. The molecule has 5 nitrogen and oxygen atoms in total. The summed E-state index contributed by atoms with van der Waals surface area (Å²) in [4.78, 5) is 8.87. The molecule has 6 heteroatoms. The average molecular weight is 288 g/mol. The Labute approximate surface area is 121 Å². The van der Waals surface area contributed by atoms with Crippen LogP contribution in [0.3, 0.4) is 0 Å². The second-order valence-corrected chi connectivity index (χ2v) is 6.52. The second kappa shape index (κ2) is 5.09. The zero-order chi connectivity index (χ0) is 13.4. The molecule has 1 atom stereocenters. The van der Waals surface area contributed by atoms with E-state index in [-0.39, 0.29) is 0 Å². The minimum atomic E-state index is 0.515. The van der Waals surface area contributed by atoms with E-state index in [1.807, 2.05) is 23.9 Å². The van der Waals surface area contributed by atoms with Gasteiger partial charge in [-0.3, -0.25) is 0 Å². The summed E-state index contributed by atoms with van der Waals surface area (Å²) in [5, 5.41) is 7.48. The SMILES string of the molecule is c1cc(NC2CCSC2)ncc1-c1nc(C2CC2)no1. The average Bonchev–Trinajstić information content (AvgIpc) is 3.00. The van der Waals surface area contributed by atoms with Crippen molar-refractivity contribution in [3.8, 4) is 11.5 Å². The molecule has 104 valence electrons. The van der Waals surface area contributed by atoms with Crippen molar-refractivity contribution in [2.24, 2.45) is 0 Å². The highest BCUT2D eigenvalue weighted by atomic mass is 32.2. The van der Waals surface area contributed by atoms with Crippen LogP contribution >= 0.6 is 11.8 Å². The number of rotatable bonds is 4. The number of hydrogen-bond acceptors (Lipinski definition) is 6. The Morgan fingerprint density at radius 2 is 2.20 bits per heavy atom. The molecule has 4 rings (SSSR count). The van der Waals surface area contributed by atoms with Crippen LogP contribution in [-0.2, 0) is 0 Å². The quantitative estimate of drug-likeness (QED) is 0.933. The Balaban J connectivity index is 1.47. The van der Waals surface area contributed by atoms with Crippen molar-refractivity contribution in [2.45, 2.75) is 31.2 Å². The highest BCUT2D eigenvalue weighted by Gasteiger charge is 2.29. The van der Waals surface area contributed by atoms with Gasteiger partial charge in [0, 0.05) is 23.9 Å². The summed E-state index contributed by atoms with van der Waals surface area (Å²) in [6, 6.07) is 4.52. The molecule has 1 aliphatic heterocycles. The molecule has 1 aliphatic carbocycles. The molecule has 1 unspecified atom stereocenters. The summed E-state index contributed by atoms with van der Waals surface area (Å²) in [6.07, 6.45) is 5.37. The molecule has 2 aliphatic rings. The molecule has 0 amide bonds. The summed E-state index contributed by atoms with van der Waals surface area (Å²) in [7, 11) is 0. The lowest BCUT2D eigenvalue weighted by Gasteiger charge is -2.11. The summed E-state index contributed by atoms with van der Waals surface area (Å²) in [6.45, 7) is 0. The zero-order valence-electron chi connectivity index (χ0n) is 11.1. The molecular formula is C14H16N4OS. The van der Waals surface area contributed by atoms with Gasteiger partial charge in [0.05, 0.1) is 5.56 Å². The van der Waals surface area contributed by atoms with Crippen molar-refractivity contribution in [1.82, 2.24) is 15.1 Å². The van der Waals surface area contributed by atoms with E-state index >= 15 is 0 Å². The molecule has 2 aromatic rings. The molecule has 0 spiro atoms. The van der Waals surface area contributed by atoms with Gasteiger partial charge in [-0.1, -0.05) is 5.16 Å². The Morgan fingerprint density at radius 3 is 2.90 bits per heavy atom. The number of nitrogens with zero attached hydrogens (tertiary/aromatic N) is 3. The van der Waals surface area contributed by atoms with Gasteiger partial charge >= 0.3 is 0 Å². The largest absolute Gasteiger partial charge is 0.366 e. The molecule has 0 radical (unpaired) electrons. The molecule has 2 aromatic heterocycles. The monoisotopic (exact) mass is 288 g/mol. The van der Waals surface area contributed by atoms with Crippen LogP contribution < -0.4 is 5.32 Å². The summed E-state index contributed by atoms with van der Waals surface area (Å²) in [5.74, 6) is 5.25. The van der Waals surface area contributed by atoms with Crippen LogP contribution in [0.4, 0.5) is 5.82 Å². The third-order valence-corrected chi connectivity index (χ3v) is 4.84. The predicted molar refractivity (Wildman–Crippen MR) is 78.9 cm³/mol. The van der Waals surface area contributed by atoms with Crippen molar-refractivity contribution < 1.29 is 4.52 Å². The fourth-order valence-corrected chi connectivity index (χ4v) is 3.48. The van der Waals surface area contributed by atoms with Crippen LogP contribution in [0.5, 0.6) is 0 Å². The number of anilines is 1. The third-order valence-electron chi connectivity index (χ3n) is 3.68. The first-order valence-corrected chi connectivity index (χ1v) is 8.18. The smallest absolute Gasteiger partial charge is 0.259 e. The topological polar surface area (TPSA) is 63.8 Å². The molecule has 2 fully saturated rings. The Kier molecular flexibility index (Phi) is 3.10. The number of hydrogen-bond donors (Lipinski definition) is 1. The maximum atomic E-state index is 5.30. The van der Waals surface area contributed by atoms with Gasteiger partial charge in [-0.15, -0.1) is 0 Å². The van der Waals surface area contributed by atoms with Crippen LogP contribution in [0, 0.1) is 0 Å². The van der Waals surface area contributed by atoms with E-state index in [1.54, 1.807) is 6.20 Å². The lowest BCUT2D eigenvalue weighted by atomic mass is 10.2. The minimum absolute atomic E-state index is 0.515. The van der Waals surface area contributed by atoms with Gasteiger partial charge < -0.3 is 9.84 Å². The Morgan fingerprint density at radius 1 is 1.25 bits per heavy atom. The normalized spacial score (nSPS) is 22.1. The summed E-state index contributed by atoms with van der Waals surface area (Å²) in [5.41, 5.74) is 0.885. The van der Waals surface area contributed by atoms with E-state index in [2.05, 4.69) is 20.4 Å². The van der Waals surface area contributed by atoms with Crippen LogP contribution in [-0.4, -0.2) is 32.7 Å². The number of nitrogens with one attached hydrogen (secondary N) is 1. The Hall–Kier alpha value is -1.56. The van der Waals surface area contributed by atoms with Crippen molar-refractivity contribution >= 4 is 17.6 Å². The first kappa shape index (κ1) is 12.2. The Bertz CT molecular complexity index is 587. The second-order valence-electron chi connectivity index (χ2n) is 5.37. The first-order valence-electron chi connectivity index (χ1n) is 7.03. The van der Waals surface area contributed by atoms with Crippen LogP contribution in [0.15, 0.2) is 22.9 Å². The fraction of sp³-hybridized carbons (Fsp3) is 0.500. The molecule has 0 bridgehead atoms. The minimum Gasteiger partial charge on any atom is -0.366 e. The van der Waals surface area contributed by atoms with Crippen LogP contribution in [0.2, 0.25) is 0 Å². The molecule has 1 saturated heterocycles. The summed E-state index contributed by atoms with van der Waals surface area (Å²) >= 11 is 1.99. The molecule has 1 N–H and O–H groups in total. The van der Waals surface area contributed by atoms with E-state index in [4.69, 9.17) is 4.52 Å². The number of thioether (sulfide) groups is 1. The van der Waals surface area contributed by atoms with Crippen molar-refractivity contribution in [3.63, 3.8) is 0 Å². The van der Waals surface area contributed by atoms with Crippen LogP contribution in [0.25, 0.3) is 11.5 Å². The lowest BCUT2D eigenvalue weighted by molar-refractivity contribution is 0.422. The molecule has 0 aromatic carbocycles. The van der Waals surface area contributed by atoms with E-state index < -0.39 is 0 Å². The van der Waals surface area contributed by atoms with Gasteiger partial charge in [0.2, 0.25) is 0 Å². The van der Waals surface area contributed by atoms with E-state index in [0.717, 1.165) is 23.0 Å². The summed E-state index contributed by atoms with van der Waals surface area (Å²) < 4.78 is 5.30. The van der Waals surface area contributed by atoms with Crippen molar-refractivity contribution in [1.29, 1.82) is 0 Å². The molecule has 3 heterocycles. The molecule has 1 saturated carbocycles. The standard InChI is InChI=1S/C14H16N4OS/c1-2-9(1)13-17-14(19-18-13)10-3-4-12(15-7-10)16-11-5-6-20-8-11/h3-4,7,9,11H,1-2,5-6,8H2,(H,15,16). The van der Waals surface area contributed by atoms with Crippen molar-refractivity contribution in [3.05, 3.63) is 24.2 Å². The van der Waals surface area contributed by atoms with Gasteiger partial charge in [-0.05, 0) is 37.1 Å². The fourth-order valence-electron chi connectivity index (χ4n) is 2.32. The zero-order valence-corrected chi connectivity index (χ0v) is 11.9. The van der Waals surface area contributed by atoms with Crippen LogP contribution in [0.1, 0.15) is 31.0 Å². The van der Waals surface area contributed by atoms with Gasteiger partial charge in [0.15, 0.2) is 5.82 Å². The predicted octanol–water partition coefficient (Wildman–Crippen LogP) is 2.93. The van der Waals surface area contributed by atoms with Gasteiger partial charge in [-0.25, -0.2) is 4.98 Å². The highest BCUT2D eigenvalue weighted by Crippen LogP contribution is 2.38. The van der Waals surface area contributed by atoms with Gasteiger partial charge in [0.25, 0.3) is 5.89 Å². The molecular weight excluding hydrogens is 272 g/mol. The number of pyridine rings is 1. The maximum Gasteiger partial charge on any atom is 0.259 e. The van der Waals surface area contributed by atoms with E-state index in [0.29, 0.717) is 17.9 Å². The molecule has 20 heavy (non-hydrogen) atoms. The maximum absolute atomic E-state index is 5.30. The highest BCUT2D eigenvalue weighted by molar-refractivity contribution is 7.99. The van der Waals surface area contributed by atoms with Crippen molar-refractivity contribution in [2.75, 3.05) is 16.8 Å². The van der Waals surface area contributed by atoms with Gasteiger partial charge in [-0.2, -0.15) is 16.7 Å². The van der Waals surface area contributed by atoms with E-state index in [9.17, 15) is 0 Å². The number of aromatic nitrogens is 3. The van der Waals surface area contributed by atoms with E-state index in [1.165, 1.54) is 25.0 Å². The van der Waals surface area contributed by atoms with Gasteiger partial charge in [0.1, 0.15) is 5.82 Å². The lowest BCUT2D eigenvalue weighted by Crippen LogP contribution is -2.18. The third kappa shape index (κ3) is 2.52.